The van der Waals surface area contributed by atoms with E-state index in [4.69, 9.17) is 4.42 Å². The van der Waals surface area contributed by atoms with Crippen LogP contribution in [-0.4, -0.2) is 0 Å². The Morgan fingerprint density at radius 1 is 0.377 bits per heavy atom. The van der Waals surface area contributed by atoms with E-state index in [1.54, 1.807) is 0 Å². The number of anilines is 3. The van der Waals surface area contributed by atoms with E-state index in [1.165, 1.54) is 44.5 Å². The van der Waals surface area contributed by atoms with Crippen molar-refractivity contribution in [3.63, 3.8) is 0 Å². The van der Waals surface area contributed by atoms with Crippen molar-refractivity contribution in [3.05, 3.63) is 199 Å². The molecule has 1 heterocycles. The van der Waals surface area contributed by atoms with Crippen LogP contribution >= 0.6 is 0 Å². The fourth-order valence-corrected chi connectivity index (χ4v) is 8.43. The maximum absolute atomic E-state index is 6.49. The zero-order valence-electron chi connectivity index (χ0n) is 29.8. The van der Waals surface area contributed by atoms with Crippen LogP contribution < -0.4 is 4.90 Å². The molecule has 1 aliphatic carbocycles. The molecule has 2 heteroatoms. The van der Waals surface area contributed by atoms with Gasteiger partial charge in [-0.05, 0) is 104 Å². The molecule has 0 atom stereocenters. The third-order valence-corrected chi connectivity index (χ3v) is 11.0. The topological polar surface area (TPSA) is 16.4 Å². The predicted octanol–water partition coefficient (Wildman–Crippen LogP) is 14.4. The Morgan fingerprint density at radius 2 is 0.962 bits per heavy atom. The van der Waals surface area contributed by atoms with Crippen molar-refractivity contribution in [2.45, 2.75) is 19.3 Å². The van der Waals surface area contributed by atoms with Gasteiger partial charge in [0.1, 0.15) is 11.2 Å². The first-order chi connectivity index (χ1) is 26.0. The number of rotatable bonds is 6. The zero-order chi connectivity index (χ0) is 35.5. The van der Waals surface area contributed by atoms with Crippen LogP contribution in [0.4, 0.5) is 17.1 Å². The zero-order valence-corrected chi connectivity index (χ0v) is 29.8. The van der Waals surface area contributed by atoms with Crippen molar-refractivity contribution in [2.75, 3.05) is 4.90 Å². The summed E-state index contributed by atoms with van der Waals surface area (Å²) in [6.45, 7) is 4.71. The summed E-state index contributed by atoms with van der Waals surface area (Å²) in [7, 11) is 0. The van der Waals surface area contributed by atoms with E-state index in [1.807, 2.05) is 12.1 Å². The van der Waals surface area contributed by atoms with Gasteiger partial charge in [-0.3, -0.25) is 0 Å². The van der Waals surface area contributed by atoms with Crippen LogP contribution in [0.3, 0.4) is 0 Å². The third-order valence-electron chi connectivity index (χ3n) is 11.0. The fraction of sp³-hybridized carbons (Fsp3) is 0.0588. The summed E-state index contributed by atoms with van der Waals surface area (Å²) < 4.78 is 6.49. The molecule has 9 aromatic rings. The number of hydrogen-bond donors (Lipinski definition) is 0. The normalized spacial score (nSPS) is 12.9. The van der Waals surface area contributed by atoms with E-state index in [9.17, 15) is 0 Å². The molecule has 10 rings (SSSR count). The Labute approximate surface area is 310 Å². The van der Waals surface area contributed by atoms with Gasteiger partial charge in [0.05, 0.1) is 0 Å². The molecular weight excluding hydrogens is 643 g/mol. The van der Waals surface area contributed by atoms with Crippen molar-refractivity contribution < 1.29 is 4.42 Å². The van der Waals surface area contributed by atoms with E-state index in [0.29, 0.717) is 0 Å². The molecule has 0 saturated heterocycles. The van der Waals surface area contributed by atoms with Crippen LogP contribution in [-0.2, 0) is 5.41 Å². The predicted molar refractivity (Wildman–Crippen MR) is 222 cm³/mol. The lowest BCUT2D eigenvalue weighted by molar-refractivity contribution is 0.660. The van der Waals surface area contributed by atoms with Crippen molar-refractivity contribution >= 4 is 39.0 Å². The van der Waals surface area contributed by atoms with Crippen LogP contribution in [0.25, 0.3) is 66.4 Å². The fourth-order valence-electron chi connectivity index (χ4n) is 8.43. The van der Waals surface area contributed by atoms with Crippen molar-refractivity contribution in [1.82, 2.24) is 0 Å². The van der Waals surface area contributed by atoms with Crippen LogP contribution in [0.15, 0.2) is 192 Å². The van der Waals surface area contributed by atoms with E-state index < -0.39 is 0 Å². The highest BCUT2D eigenvalue weighted by atomic mass is 16.3. The second kappa shape index (κ2) is 12.3. The Kier molecular flexibility index (Phi) is 7.19. The summed E-state index contributed by atoms with van der Waals surface area (Å²) in [6, 6.07) is 67.9. The molecule has 8 aromatic carbocycles. The Hall–Kier alpha value is -6.64. The van der Waals surface area contributed by atoms with Crippen molar-refractivity contribution in [3.8, 4) is 44.5 Å². The van der Waals surface area contributed by atoms with E-state index >= 15 is 0 Å². The van der Waals surface area contributed by atoms with E-state index in [-0.39, 0.29) is 5.41 Å². The highest BCUT2D eigenvalue weighted by Gasteiger charge is 2.37. The number of nitrogens with zero attached hydrogens (tertiary/aromatic N) is 1. The lowest BCUT2D eigenvalue weighted by Crippen LogP contribution is -2.15. The molecule has 53 heavy (non-hydrogen) atoms. The summed E-state index contributed by atoms with van der Waals surface area (Å²) in [5, 5.41) is 2.24. The molecule has 0 aliphatic heterocycles. The number of benzene rings is 8. The summed E-state index contributed by atoms with van der Waals surface area (Å²) in [5.41, 5.74) is 17.3. The summed E-state index contributed by atoms with van der Waals surface area (Å²) in [5.74, 6) is 0. The van der Waals surface area contributed by atoms with Gasteiger partial charge in [0.25, 0.3) is 0 Å². The monoisotopic (exact) mass is 679 g/mol. The number of hydrogen-bond acceptors (Lipinski definition) is 2. The van der Waals surface area contributed by atoms with E-state index in [2.05, 4.69) is 195 Å². The summed E-state index contributed by atoms with van der Waals surface area (Å²) in [6.07, 6.45) is 0. The van der Waals surface area contributed by atoms with Gasteiger partial charge in [-0.15, -0.1) is 0 Å². The molecule has 1 aliphatic rings. The maximum Gasteiger partial charge on any atom is 0.137 e. The smallest absolute Gasteiger partial charge is 0.137 e. The highest BCUT2D eigenvalue weighted by molar-refractivity contribution is 6.06. The molecular formula is C51H37NO. The van der Waals surface area contributed by atoms with E-state index in [0.717, 1.165) is 50.1 Å². The molecule has 1 aromatic heterocycles. The average Bonchev–Trinajstić information content (AvgIpc) is 3.70. The molecule has 0 radical (unpaired) electrons. The minimum atomic E-state index is -0.139. The first kappa shape index (κ1) is 31.1. The first-order valence-corrected chi connectivity index (χ1v) is 18.3. The van der Waals surface area contributed by atoms with Gasteiger partial charge in [-0.1, -0.05) is 147 Å². The van der Waals surface area contributed by atoms with Gasteiger partial charge in [0.15, 0.2) is 0 Å². The average molecular weight is 680 g/mol. The molecule has 0 fully saturated rings. The maximum atomic E-state index is 6.49. The minimum Gasteiger partial charge on any atom is -0.456 e. The van der Waals surface area contributed by atoms with Crippen LogP contribution in [0.5, 0.6) is 0 Å². The quantitative estimate of drug-likeness (QED) is 0.174. The summed E-state index contributed by atoms with van der Waals surface area (Å²) >= 11 is 0. The Balaban J connectivity index is 1.24. The van der Waals surface area contributed by atoms with Gasteiger partial charge in [0.2, 0.25) is 0 Å². The summed E-state index contributed by atoms with van der Waals surface area (Å²) in [4.78, 5) is 2.40. The van der Waals surface area contributed by atoms with Crippen LogP contribution in [0.1, 0.15) is 25.0 Å². The van der Waals surface area contributed by atoms with Crippen LogP contribution in [0, 0.1) is 0 Å². The van der Waals surface area contributed by atoms with Gasteiger partial charge in [0, 0.05) is 39.3 Å². The molecule has 0 bridgehead atoms. The van der Waals surface area contributed by atoms with Gasteiger partial charge in [-0.25, -0.2) is 0 Å². The molecule has 2 nitrogen and oxygen atoms in total. The minimum absolute atomic E-state index is 0.139. The first-order valence-electron chi connectivity index (χ1n) is 18.3. The molecule has 0 spiro atoms. The Bertz CT molecular complexity index is 2740. The second-order valence-electron chi connectivity index (χ2n) is 14.6. The van der Waals surface area contributed by atoms with Crippen molar-refractivity contribution in [2.24, 2.45) is 0 Å². The van der Waals surface area contributed by atoms with Gasteiger partial charge < -0.3 is 9.32 Å². The Morgan fingerprint density at radius 3 is 1.66 bits per heavy atom. The number of para-hydroxylation sites is 1. The molecule has 0 amide bonds. The molecule has 252 valence electrons. The lowest BCUT2D eigenvalue weighted by Gasteiger charge is -2.28. The van der Waals surface area contributed by atoms with Gasteiger partial charge >= 0.3 is 0 Å². The van der Waals surface area contributed by atoms with Crippen molar-refractivity contribution in [1.29, 1.82) is 0 Å². The second-order valence-corrected chi connectivity index (χ2v) is 14.6. The molecule has 0 saturated carbocycles. The highest BCUT2D eigenvalue weighted by Crippen LogP contribution is 2.54. The number of furan rings is 1. The van der Waals surface area contributed by atoms with Crippen LogP contribution in [0.2, 0.25) is 0 Å². The largest absolute Gasteiger partial charge is 0.456 e. The molecule has 0 unspecified atom stereocenters. The third kappa shape index (κ3) is 5.18. The SMILES string of the molecule is CC1(C)c2ccc(N(c3cc(-c4ccccc4)cc(-c4ccccc4)c3)c3ccc4c(c3)oc3ccccc34)cc2-c2c(-c3ccccc3)cccc21. The standard InChI is InChI=1S/C51H37NO/c1-51(2)46-28-26-39(32-45(46)50-42(22-14-23-47(50)51)36-19-10-5-11-20-36)52(40-25-27-44-43-21-12-13-24-48(43)53-49(44)33-40)41-30-37(34-15-6-3-7-16-34)29-38(31-41)35-17-8-4-9-18-35/h3-33H,1-2H3. The lowest BCUT2D eigenvalue weighted by atomic mass is 9.82. The van der Waals surface area contributed by atoms with Gasteiger partial charge in [-0.2, -0.15) is 0 Å². The molecule has 0 N–H and O–H groups in total. The number of fused-ring (bicyclic) bond motifs is 6.